The summed E-state index contributed by atoms with van der Waals surface area (Å²) in [6, 6.07) is 5.97. The van der Waals surface area contributed by atoms with Crippen LogP contribution in [-0.2, 0) is 9.59 Å². The van der Waals surface area contributed by atoms with Gasteiger partial charge in [-0.05, 0) is 31.2 Å². The fourth-order valence-corrected chi connectivity index (χ4v) is 2.12. The number of rotatable bonds is 2. The number of amides is 3. The predicted molar refractivity (Wildman–Crippen MR) is 78.8 cm³/mol. The Hall–Kier alpha value is -2.74. The van der Waals surface area contributed by atoms with E-state index in [0.717, 1.165) is 5.69 Å². The topological polar surface area (TPSA) is 114 Å². The second kappa shape index (κ2) is 6.14. The molecule has 2 aromatic rings. The molecule has 0 atom stereocenters. The summed E-state index contributed by atoms with van der Waals surface area (Å²) in [5.41, 5.74) is 6.95. The number of aryl methyl sites for hydroxylation is 1. The fourth-order valence-electron chi connectivity index (χ4n) is 1.43. The maximum Gasteiger partial charge on any atom is 0.316 e. The number of thiazole rings is 1. The number of nitrogen functional groups attached to an aromatic ring is 1. The molecule has 8 heteroatoms. The Balaban J connectivity index is 1.95. The van der Waals surface area contributed by atoms with Crippen LogP contribution in [0, 0.1) is 6.92 Å². The van der Waals surface area contributed by atoms with Crippen LogP contribution in [0.5, 0.6) is 0 Å². The quantitative estimate of drug-likeness (QED) is 0.564. The van der Waals surface area contributed by atoms with Gasteiger partial charge >= 0.3 is 11.8 Å². The smallest absolute Gasteiger partial charge is 0.316 e. The molecule has 0 aliphatic rings. The number of anilines is 2. The summed E-state index contributed by atoms with van der Waals surface area (Å²) in [6.45, 7) is 1.76. The van der Waals surface area contributed by atoms with Crippen molar-refractivity contribution in [2.24, 2.45) is 0 Å². The third kappa shape index (κ3) is 3.86. The van der Waals surface area contributed by atoms with Crippen molar-refractivity contribution in [2.75, 3.05) is 11.1 Å². The van der Waals surface area contributed by atoms with Gasteiger partial charge in [-0.2, -0.15) is 0 Å². The van der Waals surface area contributed by atoms with E-state index < -0.39 is 17.7 Å². The van der Waals surface area contributed by atoms with Gasteiger partial charge in [-0.3, -0.25) is 25.0 Å². The van der Waals surface area contributed by atoms with Crippen molar-refractivity contribution in [3.8, 4) is 0 Å². The van der Waals surface area contributed by atoms with E-state index >= 15 is 0 Å². The van der Waals surface area contributed by atoms with Gasteiger partial charge in [-0.15, -0.1) is 11.3 Å². The predicted octanol–water partition coefficient (Wildman–Crippen LogP) is 0.929. The van der Waals surface area contributed by atoms with Crippen LogP contribution in [0.1, 0.15) is 16.1 Å². The number of imide groups is 1. The third-order valence-electron chi connectivity index (χ3n) is 2.45. The lowest BCUT2D eigenvalue weighted by atomic mass is 10.2. The second-order valence-corrected chi connectivity index (χ2v) is 5.01. The molecule has 3 amide bonds. The molecule has 0 saturated heterocycles. The molecule has 108 valence electrons. The average molecular weight is 304 g/mol. The number of benzene rings is 1. The highest BCUT2D eigenvalue weighted by Gasteiger charge is 2.18. The largest absolute Gasteiger partial charge is 0.399 e. The first kappa shape index (κ1) is 14.7. The molecule has 0 unspecified atom stereocenters. The number of aromatic nitrogens is 1. The van der Waals surface area contributed by atoms with Crippen LogP contribution in [0.15, 0.2) is 29.6 Å². The first-order chi connectivity index (χ1) is 9.95. The third-order valence-corrected chi connectivity index (χ3v) is 3.32. The summed E-state index contributed by atoms with van der Waals surface area (Å²) >= 11 is 1.19. The molecule has 1 heterocycles. The Bertz CT molecular complexity index is 694. The highest BCUT2D eigenvalue weighted by molar-refractivity contribution is 7.14. The molecular formula is C13H12N4O3S. The van der Waals surface area contributed by atoms with E-state index in [1.807, 2.05) is 5.32 Å². The zero-order chi connectivity index (χ0) is 15.4. The van der Waals surface area contributed by atoms with Crippen molar-refractivity contribution in [1.82, 2.24) is 10.3 Å². The van der Waals surface area contributed by atoms with E-state index in [1.54, 1.807) is 12.3 Å². The number of hydrogen-bond acceptors (Lipinski definition) is 6. The minimum absolute atomic E-state index is 0.232. The zero-order valence-electron chi connectivity index (χ0n) is 11.0. The van der Waals surface area contributed by atoms with Gasteiger partial charge in [0.15, 0.2) is 5.13 Å². The number of carbonyl (C=O) groups is 3. The fraction of sp³-hybridized carbons (Fsp3) is 0.0769. The Morgan fingerprint density at radius 2 is 1.81 bits per heavy atom. The number of nitrogens with one attached hydrogen (secondary N) is 2. The summed E-state index contributed by atoms with van der Waals surface area (Å²) in [5.74, 6) is -2.68. The van der Waals surface area contributed by atoms with Crippen molar-refractivity contribution in [3.63, 3.8) is 0 Å². The molecule has 7 nitrogen and oxygen atoms in total. The van der Waals surface area contributed by atoms with Crippen LogP contribution in [0.2, 0.25) is 0 Å². The van der Waals surface area contributed by atoms with Crippen molar-refractivity contribution in [1.29, 1.82) is 0 Å². The molecule has 0 saturated carbocycles. The van der Waals surface area contributed by atoms with E-state index in [0.29, 0.717) is 10.8 Å². The van der Waals surface area contributed by atoms with Crippen LogP contribution in [0.4, 0.5) is 10.8 Å². The van der Waals surface area contributed by atoms with E-state index in [4.69, 9.17) is 5.73 Å². The van der Waals surface area contributed by atoms with E-state index in [2.05, 4.69) is 10.3 Å². The molecule has 21 heavy (non-hydrogen) atoms. The van der Waals surface area contributed by atoms with Gasteiger partial charge in [-0.25, -0.2) is 4.98 Å². The lowest BCUT2D eigenvalue weighted by molar-refractivity contribution is -0.135. The average Bonchev–Trinajstić information content (AvgIpc) is 2.84. The molecule has 0 fully saturated rings. The Morgan fingerprint density at radius 1 is 1.14 bits per heavy atom. The number of hydrogen-bond donors (Lipinski definition) is 3. The Kier molecular flexibility index (Phi) is 4.29. The SMILES string of the molecule is Cc1csc(NC(=O)C(=O)NC(=O)c2ccc(N)cc2)n1. The van der Waals surface area contributed by atoms with Crippen LogP contribution >= 0.6 is 11.3 Å². The van der Waals surface area contributed by atoms with Crippen molar-refractivity contribution in [3.05, 3.63) is 40.9 Å². The standard InChI is InChI=1S/C13H12N4O3S/c1-7-6-21-13(15-7)17-12(20)11(19)16-10(18)8-2-4-9(14)5-3-8/h2-6H,14H2,1H3,(H,15,17,20)(H,16,18,19). The monoisotopic (exact) mass is 304 g/mol. The molecule has 2 rings (SSSR count). The van der Waals surface area contributed by atoms with Crippen LogP contribution in [0.3, 0.4) is 0 Å². The van der Waals surface area contributed by atoms with Gasteiger partial charge in [0.05, 0.1) is 5.69 Å². The van der Waals surface area contributed by atoms with E-state index in [9.17, 15) is 14.4 Å². The van der Waals surface area contributed by atoms with Gasteiger partial charge in [-0.1, -0.05) is 0 Å². The van der Waals surface area contributed by atoms with Gasteiger partial charge in [0, 0.05) is 16.6 Å². The Labute approximate surface area is 124 Å². The van der Waals surface area contributed by atoms with Crippen LogP contribution < -0.4 is 16.4 Å². The van der Waals surface area contributed by atoms with Gasteiger partial charge < -0.3 is 5.73 Å². The highest BCUT2D eigenvalue weighted by Crippen LogP contribution is 2.14. The van der Waals surface area contributed by atoms with Crippen molar-refractivity contribution in [2.45, 2.75) is 6.92 Å². The van der Waals surface area contributed by atoms with Crippen LogP contribution in [-0.4, -0.2) is 22.7 Å². The lowest BCUT2D eigenvalue weighted by Gasteiger charge is -2.04. The maximum absolute atomic E-state index is 11.8. The summed E-state index contributed by atoms with van der Waals surface area (Å²) < 4.78 is 0. The minimum atomic E-state index is -1.05. The zero-order valence-corrected chi connectivity index (χ0v) is 11.9. The molecule has 0 aliphatic carbocycles. The molecule has 0 radical (unpaired) electrons. The second-order valence-electron chi connectivity index (χ2n) is 4.15. The summed E-state index contributed by atoms with van der Waals surface area (Å²) in [4.78, 5) is 39.0. The highest BCUT2D eigenvalue weighted by atomic mass is 32.1. The summed E-state index contributed by atoms with van der Waals surface area (Å²) in [6.07, 6.45) is 0. The molecule has 0 aliphatic heterocycles. The first-order valence-corrected chi connectivity index (χ1v) is 6.78. The van der Waals surface area contributed by atoms with Crippen molar-refractivity contribution < 1.29 is 14.4 Å². The van der Waals surface area contributed by atoms with Gasteiger partial charge in [0.25, 0.3) is 5.91 Å². The summed E-state index contributed by atoms with van der Waals surface area (Å²) in [7, 11) is 0. The molecular weight excluding hydrogens is 292 g/mol. The van der Waals surface area contributed by atoms with Gasteiger partial charge in [0.1, 0.15) is 0 Å². The van der Waals surface area contributed by atoms with E-state index in [1.165, 1.54) is 35.6 Å². The number of carbonyl (C=O) groups excluding carboxylic acids is 3. The van der Waals surface area contributed by atoms with Crippen molar-refractivity contribution >= 4 is 39.9 Å². The molecule has 0 spiro atoms. The number of nitrogens with two attached hydrogens (primary N) is 1. The van der Waals surface area contributed by atoms with E-state index in [-0.39, 0.29) is 5.56 Å². The molecule has 1 aromatic heterocycles. The minimum Gasteiger partial charge on any atom is -0.399 e. The molecule has 0 bridgehead atoms. The lowest BCUT2D eigenvalue weighted by Crippen LogP contribution is -2.39. The molecule has 4 N–H and O–H groups in total. The normalized spacial score (nSPS) is 9.95. The maximum atomic E-state index is 11.8. The number of nitrogens with zero attached hydrogens (tertiary/aromatic N) is 1. The van der Waals surface area contributed by atoms with Crippen LogP contribution in [0.25, 0.3) is 0 Å². The van der Waals surface area contributed by atoms with Gasteiger partial charge in [0.2, 0.25) is 0 Å². The summed E-state index contributed by atoms with van der Waals surface area (Å²) in [5, 5.41) is 6.33. The molecule has 1 aromatic carbocycles. The Morgan fingerprint density at radius 3 is 2.38 bits per heavy atom. The first-order valence-electron chi connectivity index (χ1n) is 5.90.